The Morgan fingerprint density at radius 1 is 1.07 bits per heavy atom. The lowest BCUT2D eigenvalue weighted by Crippen LogP contribution is -2.35. The Balaban J connectivity index is 0.00000171. The third-order valence-electron chi connectivity index (χ3n) is 7.42. The predicted octanol–water partition coefficient (Wildman–Crippen LogP) is 3.59. The van der Waals surface area contributed by atoms with E-state index in [2.05, 4.69) is 33.7 Å². The van der Waals surface area contributed by atoms with E-state index in [1.54, 1.807) is 5.56 Å². The number of likely N-dealkylation sites (tertiary alicyclic amines) is 1. The molecule has 1 aromatic carbocycles. The molecule has 0 amide bonds. The molecule has 3 unspecified atom stereocenters. The van der Waals surface area contributed by atoms with Crippen LogP contribution in [0.25, 0.3) is 10.9 Å². The lowest BCUT2D eigenvalue weighted by Gasteiger charge is -2.26. The van der Waals surface area contributed by atoms with E-state index in [9.17, 15) is 0 Å². The number of nitrogens with zero attached hydrogens (tertiary/aromatic N) is 3. The second-order valence-electron chi connectivity index (χ2n) is 9.00. The standard InChI is InChI=1S/C22H29N3O2.H2S/c1-14-8-15-10-23-25(21-4-2-3-6-27-21)20(15)9-17(14)22-18-11-24(12-19(18)22)16-5-7-26-13-16;/h8-10,16,18-19,21-22H,2-7,11-13H2,1H3;1H2/t16-,18?,19?,21?,22?;/m0./s1. The first-order valence-corrected chi connectivity index (χ1v) is 10.7. The van der Waals surface area contributed by atoms with Crippen LogP contribution in [0.5, 0.6) is 0 Å². The van der Waals surface area contributed by atoms with Crippen molar-refractivity contribution in [3.63, 3.8) is 0 Å². The summed E-state index contributed by atoms with van der Waals surface area (Å²) in [5.41, 5.74) is 4.24. The minimum absolute atomic E-state index is 0. The summed E-state index contributed by atoms with van der Waals surface area (Å²) in [4.78, 5) is 2.69. The van der Waals surface area contributed by atoms with Crippen LogP contribution in [-0.4, -0.2) is 53.6 Å². The monoisotopic (exact) mass is 401 g/mol. The number of hydrogen-bond donors (Lipinski definition) is 0. The van der Waals surface area contributed by atoms with Crippen LogP contribution in [0, 0.1) is 18.8 Å². The van der Waals surface area contributed by atoms with Crippen molar-refractivity contribution in [2.24, 2.45) is 11.8 Å². The van der Waals surface area contributed by atoms with E-state index in [0.29, 0.717) is 6.04 Å². The number of fused-ring (bicyclic) bond motifs is 2. The van der Waals surface area contributed by atoms with E-state index in [4.69, 9.17) is 9.47 Å². The molecule has 6 heteroatoms. The molecule has 4 fully saturated rings. The van der Waals surface area contributed by atoms with Crippen molar-refractivity contribution < 1.29 is 9.47 Å². The molecular weight excluding hydrogens is 370 g/mol. The molecule has 0 bridgehead atoms. The molecule has 6 rings (SSSR count). The highest BCUT2D eigenvalue weighted by molar-refractivity contribution is 7.59. The van der Waals surface area contributed by atoms with Gasteiger partial charge in [-0.2, -0.15) is 18.6 Å². The molecule has 0 N–H and O–H groups in total. The SMILES string of the molecule is Cc1cc2cnn(C3CCCCO3)c2cc1C1C2CN([C@H]3CCOC3)CC21.S. The molecule has 152 valence electrons. The highest BCUT2D eigenvalue weighted by Gasteiger charge is 2.57. The molecule has 1 saturated carbocycles. The molecule has 1 aromatic heterocycles. The second kappa shape index (κ2) is 7.31. The Bertz CT molecular complexity index is 845. The van der Waals surface area contributed by atoms with Gasteiger partial charge in [-0.25, -0.2) is 4.68 Å². The maximum absolute atomic E-state index is 6.00. The van der Waals surface area contributed by atoms with Gasteiger partial charge in [-0.1, -0.05) is 0 Å². The smallest absolute Gasteiger partial charge is 0.150 e. The van der Waals surface area contributed by atoms with Gasteiger partial charge in [0.2, 0.25) is 0 Å². The zero-order valence-corrected chi connectivity index (χ0v) is 17.6. The molecule has 1 aliphatic carbocycles. The molecule has 4 atom stereocenters. The highest BCUT2D eigenvalue weighted by atomic mass is 32.1. The third-order valence-corrected chi connectivity index (χ3v) is 7.42. The van der Waals surface area contributed by atoms with Crippen molar-refractivity contribution in [1.29, 1.82) is 0 Å². The van der Waals surface area contributed by atoms with Gasteiger partial charge in [0.1, 0.15) is 0 Å². The maximum Gasteiger partial charge on any atom is 0.150 e. The summed E-state index contributed by atoms with van der Waals surface area (Å²) in [6.07, 6.45) is 6.83. The minimum Gasteiger partial charge on any atom is -0.380 e. The number of aromatic nitrogens is 2. The average Bonchev–Trinajstić information content (AvgIpc) is 3.20. The van der Waals surface area contributed by atoms with E-state index >= 15 is 0 Å². The fourth-order valence-corrected chi connectivity index (χ4v) is 5.86. The molecule has 3 aliphatic heterocycles. The molecule has 4 aliphatic rings. The van der Waals surface area contributed by atoms with E-state index in [-0.39, 0.29) is 19.7 Å². The van der Waals surface area contributed by atoms with Crippen molar-refractivity contribution >= 4 is 24.4 Å². The quantitative estimate of drug-likeness (QED) is 0.788. The number of aryl methyl sites for hydroxylation is 1. The molecule has 0 spiro atoms. The van der Waals surface area contributed by atoms with Crippen molar-refractivity contribution in [3.05, 3.63) is 29.5 Å². The van der Waals surface area contributed by atoms with Crippen LogP contribution >= 0.6 is 13.5 Å². The number of piperidine rings is 1. The summed E-state index contributed by atoms with van der Waals surface area (Å²) in [7, 11) is 0. The van der Waals surface area contributed by atoms with Crippen LogP contribution in [0.2, 0.25) is 0 Å². The third kappa shape index (κ3) is 3.00. The first-order valence-electron chi connectivity index (χ1n) is 10.7. The first-order chi connectivity index (χ1) is 13.3. The normalized spacial score (nSPS) is 35.1. The zero-order valence-electron chi connectivity index (χ0n) is 16.6. The summed E-state index contributed by atoms with van der Waals surface area (Å²) in [6, 6.07) is 5.45. The van der Waals surface area contributed by atoms with Crippen molar-refractivity contribution in [1.82, 2.24) is 14.7 Å². The molecule has 5 nitrogen and oxygen atoms in total. The van der Waals surface area contributed by atoms with Gasteiger partial charge in [0.15, 0.2) is 6.23 Å². The van der Waals surface area contributed by atoms with E-state index in [1.807, 2.05) is 6.20 Å². The second-order valence-corrected chi connectivity index (χ2v) is 9.00. The number of ether oxygens (including phenoxy) is 2. The van der Waals surface area contributed by atoms with Gasteiger partial charge in [-0.15, -0.1) is 0 Å². The summed E-state index contributed by atoms with van der Waals surface area (Å²) in [5.74, 6) is 2.41. The van der Waals surface area contributed by atoms with Crippen LogP contribution in [-0.2, 0) is 9.47 Å². The van der Waals surface area contributed by atoms with Crippen LogP contribution < -0.4 is 0 Å². The minimum atomic E-state index is 0. The Hall–Kier alpha value is -1.08. The predicted molar refractivity (Wildman–Crippen MR) is 114 cm³/mol. The van der Waals surface area contributed by atoms with Gasteiger partial charge in [0, 0.05) is 37.7 Å². The molecule has 3 saturated heterocycles. The van der Waals surface area contributed by atoms with Crippen LogP contribution in [0.3, 0.4) is 0 Å². The van der Waals surface area contributed by atoms with Crippen LogP contribution in [0.15, 0.2) is 18.3 Å². The summed E-state index contributed by atoms with van der Waals surface area (Å²) in [6.45, 7) is 7.54. The van der Waals surface area contributed by atoms with E-state index in [0.717, 1.165) is 44.0 Å². The van der Waals surface area contributed by atoms with Crippen LogP contribution in [0.1, 0.15) is 49.0 Å². The van der Waals surface area contributed by atoms with Crippen LogP contribution in [0.4, 0.5) is 0 Å². The molecule has 2 aromatic rings. The lowest BCUT2D eigenvalue weighted by molar-refractivity contribution is -0.0366. The highest BCUT2D eigenvalue weighted by Crippen LogP contribution is 2.59. The largest absolute Gasteiger partial charge is 0.380 e. The van der Waals surface area contributed by atoms with Crippen molar-refractivity contribution in [2.75, 3.05) is 32.9 Å². The van der Waals surface area contributed by atoms with Crippen molar-refractivity contribution in [2.45, 2.75) is 50.8 Å². The van der Waals surface area contributed by atoms with Gasteiger partial charge in [-0.05, 0) is 73.6 Å². The Morgan fingerprint density at radius 2 is 1.93 bits per heavy atom. The first kappa shape index (κ1) is 18.9. The van der Waals surface area contributed by atoms with Gasteiger partial charge in [0.25, 0.3) is 0 Å². The molecule has 28 heavy (non-hydrogen) atoms. The number of benzene rings is 1. The summed E-state index contributed by atoms with van der Waals surface area (Å²) >= 11 is 0. The number of rotatable bonds is 3. The fourth-order valence-electron chi connectivity index (χ4n) is 5.86. The van der Waals surface area contributed by atoms with E-state index < -0.39 is 0 Å². The average molecular weight is 402 g/mol. The maximum atomic E-state index is 6.00. The van der Waals surface area contributed by atoms with Crippen molar-refractivity contribution in [3.8, 4) is 0 Å². The topological polar surface area (TPSA) is 39.5 Å². The summed E-state index contributed by atoms with van der Waals surface area (Å²) in [5, 5.41) is 5.94. The summed E-state index contributed by atoms with van der Waals surface area (Å²) < 4.78 is 13.7. The Labute approximate surface area is 173 Å². The van der Waals surface area contributed by atoms with Gasteiger partial charge in [0.05, 0.1) is 18.3 Å². The Morgan fingerprint density at radius 3 is 2.64 bits per heavy atom. The number of hydrogen-bond acceptors (Lipinski definition) is 4. The molecule has 4 heterocycles. The zero-order chi connectivity index (χ0) is 18.0. The van der Waals surface area contributed by atoms with Gasteiger partial charge < -0.3 is 9.47 Å². The fraction of sp³-hybridized carbons (Fsp3) is 0.682. The van der Waals surface area contributed by atoms with E-state index in [1.165, 1.54) is 48.8 Å². The van der Waals surface area contributed by atoms with Gasteiger partial charge in [-0.3, -0.25) is 4.90 Å². The lowest BCUT2D eigenvalue weighted by atomic mass is 9.99. The van der Waals surface area contributed by atoms with Gasteiger partial charge >= 0.3 is 0 Å². The molecule has 0 radical (unpaired) electrons. The Kier molecular flexibility index (Phi) is 4.94. The molecular formula is C22H31N3O2S.